The predicted molar refractivity (Wildman–Crippen MR) is 100 cm³/mol. The lowest BCUT2D eigenvalue weighted by atomic mass is 9.87. The van der Waals surface area contributed by atoms with Crippen LogP contribution >= 0.6 is 11.6 Å². The lowest BCUT2D eigenvalue weighted by Crippen LogP contribution is -2.41. The van der Waals surface area contributed by atoms with Gasteiger partial charge in [0.25, 0.3) is 0 Å². The first-order valence-corrected chi connectivity index (χ1v) is 9.16. The Morgan fingerprint density at radius 1 is 1.30 bits per heavy atom. The molecule has 1 amide bonds. The van der Waals surface area contributed by atoms with Gasteiger partial charge in [-0.15, -0.1) is 0 Å². The average Bonchev–Trinajstić information content (AvgIpc) is 3.03. The Labute approximate surface area is 161 Å². The van der Waals surface area contributed by atoms with Crippen LogP contribution in [0.25, 0.3) is 10.9 Å². The summed E-state index contributed by atoms with van der Waals surface area (Å²) >= 11 is 6.03. The number of fused-ring (bicyclic) bond motifs is 1. The van der Waals surface area contributed by atoms with E-state index < -0.39 is 17.4 Å². The first-order valence-electron chi connectivity index (χ1n) is 8.78. The number of nitrogens with zero attached hydrogens (tertiary/aromatic N) is 1. The minimum absolute atomic E-state index is 0.0433. The lowest BCUT2D eigenvalue weighted by Gasteiger charge is -2.34. The molecule has 1 aromatic carbocycles. The zero-order valence-corrected chi connectivity index (χ0v) is 16.2. The number of rotatable bonds is 2. The zero-order chi connectivity index (χ0) is 19.9. The van der Waals surface area contributed by atoms with Crippen molar-refractivity contribution in [1.29, 1.82) is 0 Å². The molecule has 0 bridgehead atoms. The molecule has 3 rings (SSSR count). The van der Waals surface area contributed by atoms with Gasteiger partial charge in [0.05, 0.1) is 10.5 Å². The molecule has 8 heteroatoms. The van der Waals surface area contributed by atoms with E-state index in [1.165, 1.54) is 6.07 Å². The largest absolute Gasteiger partial charge is 0.477 e. The van der Waals surface area contributed by atoms with E-state index in [0.717, 1.165) is 5.56 Å². The first kappa shape index (κ1) is 19.5. The van der Waals surface area contributed by atoms with E-state index in [4.69, 9.17) is 16.3 Å². The number of hydrogen-bond donors (Lipinski definition) is 2. The van der Waals surface area contributed by atoms with Crippen molar-refractivity contribution >= 4 is 34.6 Å². The first-order chi connectivity index (χ1) is 12.6. The Balaban J connectivity index is 1.84. The maximum atomic E-state index is 14.3. The highest BCUT2D eigenvalue weighted by Crippen LogP contribution is 2.37. The topological polar surface area (TPSA) is 82.6 Å². The molecule has 27 heavy (non-hydrogen) atoms. The average molecular weight is 397 g/mol. The summed E-state index contributed by atoms with van der Waals surface area (Å²) in [6, 6.07) is 3.00. The summed E-state index contributed by atoms with van der Waals surface area (Å²) in [5, 5.41) is 9.66. The number of aromatic nitrogens is 1. The number of H-pyrrole nitrogens is 1. The van der Waals surface area contributed by atoms with E-state index >= 15 is 0 Å². The molecular weight excluding hydrogens is 375 g/mol. The Morgan fingerprint density at radius 2 is 1.93 bits per heavy atom. The van der Waals surface area contributed by atoms with E-state index in [1.54, 1.807) is 11.0 Å². The number of nitrogens with one attached hydrogen (secondary N) is 1. The van der Waals surface area contributed by atoms with Gasteiger partial charge in [0.1, 0.15) is 11.3 Å². The number of hydrogen-bond acceptors (Lipinski definition) is 3. The van der Waals surface area contributed by atoms with Crippen LogP contribution in [0.15, 0.2) is 12.1 Å². The summed E-state index contributed by atoms with van der Waals surface area (Å²) in [7, 11) is 0. The second-order valence-corrected chi connectivity index (χ2v) is 8.19. The highest BCUT2D eigenvalue weighted by atomic mass is 35.5. The van der Waals surface area contributed by atoms with Crippen molar-refractivity contribution in [1.82, 2.24) is 9.88 Å². The molecule has 2 N–H and O–H groups in total. The number of carboxylic acid groups (broad SMARTS) is 1. The Morgan fingerprint density at radius 3 is 2.48 bits per heavy atom. The van der Waals surface area contributed by atoms with Gasteiger partial charge in [-0.25, -0.2) is 14.0 Å². The molecule has 1 fully saturated rings. The van der Waals surface area contributed by atoms with Gasteiger partial charge in [-0.3, -0.25) is 0 Å². The minimum Gasteiger partial charge on any atom is -0.477 e. The molecule has 2 heterocycles. The second kappa shape index (κ2) is 7.03. The SMILES string of the molecule is CC(C)(C)OC(=O)N1CCC(c2cc(Cl)c(F)c3[nH]c(C(=O)O)cc23)CC1. The van der Waals surface area contributed by atoms with Gasteiger partial charge in [-0.2, -0.15) is 0 Å². The molecule has 1 aliphatic rings. The number of carbonyl (C=O) groups excluding carboxylic acids is 1. The molecule has 0 unspecified atom stereocenters. The third kappa shape index (κ3) is 4.03. The predicted octanol–water partition coefficient (Wildman–Crippen LogP) is 4.77. The number of aromatic carboxylic acids is 1. The van der Waals surface area contributed by atoms with Crippen molar-refractivity contribution in [2.75, 3.05) is 13.1 Å². The molecule has 1 aliphatic heterocycles. The molecule has 6 nitrogen and oxygen atoms in total. The van der Waals surface area contributed by atoms with E-state index in [1.807, 2.05) is 20.8 Å². The summed E-state index contributed by atoms with van der Waals surface area (Å²) in [6.45, 7) is 6.47. The number of aromatic amines is 1. The van der Waals surface area contributed by atoms with Crippen molar-refractivity contribution in [2.24, 2.45) is 0 Å². The van der Waals surface area contributed by atoms with Gasteiger partial charge in [0, 0.05) is 18.5 Å². The van der Waals surface area contributed by atoms with Crippen LogP contribution in [0.1, 0.15) is 55.6 Å². The smallest absolute Gasteiger partial charge is 0.410 e. The van der Waals surface area contributed by atoms with Gasteiger partial charge in [0.15, 0.2) is 5.82 Å². The third-order valence-corrected chi connectivity index (χ3v) is 4.93. The maximum Gasteiger partial charge on any atom is 0.410 e. The number of carbonyl (C=O) groups is 2. The molecule has 0 saturated carbocycles. The fourth-order valence-electron chi connectivity index (χ4n) is 3.40. The zero-order valence-electron chi connectivity index (χ0n) is 15.4. The van der Waals surface area contributed by atoms with Crippen molar-refractivity contribution in [2.45, 2.75) is 45.1 Å². The molecule has 0 atom stereocenters. The summed E-state index contributed by atoms with van der Waals surface area (Å²) in [6.07, 6.45) is 0.964. The number of piperidine rings is 1. The molecule has 0 aliphatic carbocycles. The van der Waals surface area contributed by atoms with Crippen molar-refractivity contribution in [3.63, 3.8) is 0 Å². The molecule has 0 radical (unpaired) electrons. The van der Waals surface area contributed by atoms with E-state index in [-0.39, 0.29) is 28.2 Å². The third-order valence-electron chi connectivity index (χ3n) is 4.66. The van der Waals surface area contributed by atoms with E-state index in [9.17, 15) is 19.1 Å². The number of amides is 1. The summed E-state index contributed by atoms with van der Waals surface area (Å²) < 4.78 is 19.7. The molecule has 146 valence electrons. The van der Waals surface area contributed by atoms with E-state index in [0.29, 0.717) is 31.3 Å². The lowest BCUT2D eigenvalue weighted by molar-refractivity contribution is 0.0205. The fourth-order valence-corrected chi connectivity index (χ4v) is 3.62. The van der Waals surface area contributed by atoms with Crippen LogP contribution in [-0.2, 0) is 4.74 Å². The number of carboxylic acids is 1. The van der Waals surface area contributed by atoms with Crippen LogP contribution in [0, 0.1) is 5.82 Å². The molecule has 2 aromatic rings. The quantitative estimate of drug-likeness (QED) is 0.765. The standard InChI is InChI=1S/C19H22ClFN2O4/c1-19(2,3)27-18(26)23-6-4-10(5-7-23)11-8-13(20)15(21)16-12(11)9-14(22-16)17(24)25/h8-10,22H,4-7H2,1-3H3,(H,24,25). The van der Waals surface area contributed by atoms with Crippen LogP contribution in [0.5, 0.6) is 0 Å². The fraction of sp³-hybridized carbons (Fsp3) is 0.474. The minimum atomic E-state index is -1.16. The van der Waals surface area contributed by atoms with Gasteiger partial charge in [-0.05, 0) is 57.2 Å². The Bertz CT molecular complexity index is 895. The molecule has 0 spiro atoms. The van der Waals surface area contributed by atoms with Crippen LogP contribution in [0.3, 0.4) is 0 Å². The Kier molecular flexibility index (Phi) is 5.08. The van der Waals surface area contributed by atoms with Crippen LogP contribution < -0.4 is 0 Å². The molecular formula is C19H22ClFN2O4. The second-order valence-electron chi connectivity index (χ2n) is 7.78. The maximum absolute atomic E-state index is 14.3. The monoisotopic (exact) mass is 396 g/mol. The number of likely N-dealkylation sites (tertiary alicyclic amines) is 1. The van der Waals surface area contributed by atoms with Crippen molar-refractivity contribution in [3.05, 3.63) is 34.2 Å². The summed E-state index contributed by atoms with van der Waals surface area (Å²) in [4.78, 5) is 27.7. The van der Waals surface area contributed by atoms with E-state index in [2.05, 4.69) is 4.98 Å². The van der Waals surface area contributed by atoms with Gasteiger partial charge < -0.3 is 19.7 Å². The van der Waals surface area contributed by atoms with Crippen molar-refractivity contribution in [3.8, 4) is 0 Å². The summed E-state index contributed by atoms with van der Waals surface area (Å²) in [5.41, 5.74) is 0.259. The van der Waals surface area contributed by atoms with Gasteiger partial charge in [0.2, 0.25) is 0 Å². The van der Waals surface area contributed by atoms with Crippen LogP contribution in [0.2, 0.25) is 5.02 Å². The normalized spacial score (nSPS) is 16.0. The molecule has 1 aromatic heterocycles. The van der Waals surface area contributed by atoms with Crippen molar-refractivity contribution < 1.29 is 23.8 Å². The molecule has 1 saturated heterocycles. The number of halogens is 2. The highest BCUT2D eigenvalue weighted by Gasteiger charge is 2.29. The van der Waals surface area contributed by atoms with Crippen LogP contribution in [0.4, 0.5) is 9.18 Å². The number of ether oxygens (including phenoxy) is 1. The number of benzene rings is 1. The summed E-state index contributed by atoms with van der Waals surface area (Å²) in [5.74, 6) is -1.77. The Hall–Kier alpha value is -2.28. The highest BCUT2D eigenvalue weighted by molar-refractivity contribution is 6.31. The van der Waals surface area contributed by atoms with Crippen LogP contribution in [-0.4, -0.2) is 45.7 Å². The van der Waals surface area contributed by atoms with Gasteiger partial charge >= 0.3 is 12.1 Å². The van der Waals surface area contributed by atoms with Gasteiger partial charge in [-0.1, -0.05) is 11.6 Å².